The van der Waals surface area contributed by atoms with Gasteiger partial charge in [0.2, 0.25) is 0 Å². The first kappa shape index (κ1) is 21.3. The van der Waals surface area contributed by atoms with Gasteiger partial charge >= 0.3 is 6.09 Å². The van der Waals surface area contributed by atoms with Gasteiger partial charge in [-0.1, -0.05) is 11.6 Å². The lowest BCUT2D eigenvalue weighted by Crippen LogP contribution is -2.54. The number of halogens is 4. The Balaban J connectivity index is 2.16. The van der Waals surface area contributed by atoms with E-state index in [4.69, 9.17) is 16.3 Å². The molecule has 1 N–H and O–H groups in total. The van der Waals surface area contributed by atoms with E-state index in [2.05, 4.69) is 10.3 Å². The number of ether oxygens (including phenoxy) is 1. The van der Waals surface area contributed by atoms with Crippen molar-refractivity contribution in [1.29, 1.82) is 0 Å². The van der Waals surface area contributed by atoms with E-state index >= 15 is 0 Å². The van der Waals surface area contributed by atoms with E-state index in [0.717, 1.165) is 17.0 Å². The Kier molecular flexibility index (Phi) is 6.24. The summed E-state index contributed by atoms with van der Waals surface area (Å²) in [6.45, 7) is 4.02. The number of hydrogen-bond donors (Lipinski definition) is 1. The molecule has 0 bridgehead atoms. The van der Waals surface area contributed by atoms with Crippen molar-refractivity contribution >= 4 is 23.6 Å². The zero-order valence-electron chi connectivity index (χ0n) is 15.2. The molecule has 2 amide bonds. The van der Waals surface area contributed by atoms with Gasteiger partial charge in [0.1, 0.15) is 11.8 Å². The number of pyridine rings is 1. The summed E-state index contributed by atoms with van der Waals surface area (Å²) in [5.41, 5.74) is -1.19. The standard InChI is InChI=1S/C17H21ClF3N3O3/c1-16(2,3)23-15(26)27-8-10-6-7-17(20,21)9-24(10)14(25)13-11(19)4-5-12(18)22-13/h4-5,10H,6-9H2,1-3H3,(H,23,26)/t10-/m1/s1. The number of aromatic nitrogens is 1. The van der Waals surface area contributed by atoms with Crippen molar-refractivity contribution < 1.29 is 27.5 Å². The van der Waals surface area contributed by atoms with Crippen LogP contribution in [0.2, 0.25) is 5.15 Å². The van der Waals surface area contributed by atoms with Crippen LogP contribution in [-0.2, 0) is 4.74 Å². The number of hydrogen-bond acceptors (Lipinski definition) is 4. The van der Waals surface area contributed by atoms with Crippen LogP contribution in [-0.4, -0.2) is 52.5 Å². The van der Waals surface area contributed by atoms with Gasteiger partial charge in [-0.05, 0) is 39.3 Å². The number of amides is 2. The fourth-order valence-electron chi connectivity index (χ4n) is 2.62. The number of alkyl halides is 2. The third kappa shape index (κ3) is 5.98. The highest BCUT2D eigenvalue weighted by Crippen LogP contribution is 2.31. The second-order valence-electron chi connectivity index (χ2n) is 7.42. The Morgan fingerprint density at radius 3 is 2.70 bits per heavy atom. The molecule has 0 unspecified atom stereocenters. The maximum atomic E-state index is 13.9. The van der Waals surface area contributed by atoms with Crippen LogP contribution in [0.15, 0.2) is 12.1 Å². The Labute approximate surface area is 160 Å². The highest BCUT2D eigenvalue weighted by molar-refractivity contribution is 6.29. The lowest BCUT2D eigenvalue weighted by Gasteiger charge is -2.39. The first-order chi connectivity index (χ1) is 12.4. The van der Waals surface area contributed by atoms with Gasteiger partial charge in [-0.15, -0.1) is 0 Å². The molecule has 2 heterocycles. The Morgan fingerprint density at radius 1 is 1.41 bits per heavy atom. The molecular weight excluding hydrogens is 387 g/mol. The number of carbonyl (C=O) groups excluding carboxylic acids is 2. The minimum Gasteiger partial charge on any atom is -0.447 e. The molecule has 1 saturated heterocycles. The second-order valence-corrected chi connectivity index (χ2v) is 7.81. The van der Waals surface area contributed by atoms with Crippen LogP contribution < -0.4 is 5.32 Å². The first-order valence-corrected chi connectivity index (χ1v) is 8.71. The molecule has 6 nitrogen and oxygen atoms in total. The number of piperidine rings is 1. The van der Waals surface area contributed by atoms with E-state index in [0.29, 0.717) is 0 Å². The number of likely N-dealkylation sites (tertiary alicyclic amines) is 1. The number of carbonyl (C=O) groups is 2. The van der Waals surface area contributed by atoms with Gasteiger partial charge in [0.25, 0.3) is 11.8 Å². The van der Waals surface area contributed by atoms with E-state index in [1.807, 2.05) is 0 Å². The average molecular weight is 408 g/mol. The SMILES string of the molecule is CC(C)(C)NC(=O)OC[C@H]1CCC(F)(F)CN1C(=O)c1nc(Cl)ccc1F. The van der Waals surface area contributed by atoms with Crippen LogP contribution in [0.5, 0.6) is 0 Å². The van der Waals surface area contributed by atoms with Crippen LogP contribution in [0, 0.1) is 5.82 Å². The molecule has 0 saturated carbocycles. The summed E-state index contributed by atoms with van der Waals surface area (Å²) in [4.78, 5) is 28.8. The van der Waals surface area contributed by atoms with Crippen molar-refractivity contribution in [2.75, 3.05) is 13.2 Å². The molecule has 0 aliphatic carbocycles. The Hall–Kier alpha value is -2.03. The zero-order valence-corrected chi connectivity index (χ0v) is 15.9. The van der Waals surface area contributed by atoms with Crippen molar-refractivity contribution in [3.05, 3.63) is 28.8 Å². The van der Waals surface area contributed by atoms with E-state index in [1.54, 1.807) is 20.8 Å². The van der Waals surface area contributed by atoms with Gasteiger partial charge in [-0.25, -0.2) is 22.9 Å². The summed E-state index contributed by atoms with van der Waals surface area (Å²) in [7, 11) is 0. The summed E-state index contributed by atoms with van der Waals surface area (Å²) < 4.78 is 46.7. The summed E-state index contributed by atoms with van der Waals surface area (Å²) in [6, 6.07) is 1.26. The molecule has 10 heteroatoms. The van der Waals surface area contributed by atoms with E-state index < -0.39 is 54.0 Å². The number of alkyl carbamates (subject to hydrolysis) is 1. The van der Waals surface area contributed by atoms with Gasteiger partial charge in [0.05, 0.1) is 12.6 Å². The van der Waals surface area contributed by atoms with Crippen LogP contribution in [0.3, 0.4) is 0 Å². The van der Waals surface area contributed by atoms with E-state index in [9.17, 15) is 22.8 Å². The minimum atomic E-state index is -3.13. The van der Waals surface area contributed by atoms with Gasteiger partial charge < -0.3 is 15.0 Å². The predicted octanol–water partition coefficient (Wildman–Crippen LogP) is 3.64. The average Bonchev–Trinajstić information content (AvgIpc) is 2.53. The lowest BCUT2D eigenvalue weighted by atomic mass is 9.99. The first-order valence-electron chi connectivity index (χ1n) is 8.34. The smallest absolute Gasteiger partial charge is 0.407 e. The lowest BCUT2D eigenvalue weighted by molar-refractivity contribution is -0.0793. The Bertz CT molecular complexity index is 725. The summed E-state index contributed by atoms with van der Waals surface area (Å²) in [5, 5.41) is 2.43. The molecule has 0 aromatic carbocycles. The molecule has 0 radical (unpaired) electrons. The molecule has 2 rings (SSSR count). The monoisotopic (exact) mass is 407 g/mol. The quantitative estimate of drug-likeness (QED) is 0.776. The molecule has 0 spiro atoms. The van der Waals surface area contributed by atoms with Crippen LogP contribution in [0.4, 0.5) is 18.0 Å². The highest BCUT2D eigenvalue weighted by Gasteiger charge is 2.43. The van der Waals surface area contributed by atoms with Gasteiger partial charge in [0, 0.05) is 12.0 Å². The van der Waals surface area contributed by atoms with Gasteiger partial charge in [0.15, 0.2) is 11.5 Å². The molecule has 1 aliphatic rings. The van der Waals surface area contributed by atoms with Crippen molar-refractivity contribution in [3.8, 4) is 0 Å². The molecular formula is C17H21ClF3N3O3. The molecule has 1 aromatic rings. The number of rotatable bonds is 3. The maximum absolute atomic E-state index is 13.9. The molecule has 150 valence electrons. The summed E-state index contributed by atoms with van der Waals surface area (Å²) in [6.07, 6.45) is -1.32. The summed E-state index contributed by atoms with van der Waals surface area (Å²) in [5.74, 6) is -5.13. The normalized spacial score (nSPS) is 19.5. The summed E-state index contributed by atoms with van der Waals surface area (Å²) >= 11 is 5.68. The van der Waals surface area contributed by atoms with Crippen molar-refractivity contribution in [3.63, 3.8) is 0 Å². The number of nitrogens with zero attached hydrogens (tertiary/aromatic N) is 2. The third-order valence-corrected chi connectivity index (χ3v) is 4.06. The molecule has 1 atom stereocenters. The third-order valence-electron chi connectivity index (χ3n) is 3.85. The topological polar surface area (TPSA) is 71.5 Å². The maximum Gasteiger partial charge on any atom is 0.407 e. The zero-order chi connectivity index (χ0) is 20.4. The van der Waals surface area contributed by atoms with Crippen LogP contribution in [0.1, 0.15) is 44.1 Å². The van der Waals surface area contributed by atoms with E-state index in [1.165, 1.54) is 0 Å². The molecule has 1 aliphatic heterocycles. The van der Waals surface area contributed by atoms with Crippen molar-refractivity contribution in [2.45, 2.75) is 51.1 Å². The van der Waals surface area contributed by atoms with Gasteiger partial charge in [-0.2, -0.15) is 0 Å². The van der Waals surface area contributed by atoms with Crippen LogP contribution in [0.25, 0.3) is 0 Å². The highest BCUT2D eigenvalue weighted by atomic mass is 35.5. The Morgan fingerprint density at radius 2 is 2.07 bits per heavy atom. The second kappa shape index (κ2) is 7.92. The molecule has 1 aromatic heterocycles. The molecule has 1 fully saturated rings. The van der Waals surface area contributed by atoms with E-state index in [-0.39, 0.29) is 18.2 Å². The fourth-order valence-corrected chi connectivity index (χ4v) is 2.77. The number of nitrogens with one attached hydrogen (secondary N) is 1. The van der Waals surface area contributed by atoms with Crippen LogP contribution >= 0.6 is 11.6 Å². The molecule has 27 heavy (non-hydrogen) atoms. The largest absolute Gasteiger partial charge is 0.447 e. The minimum absolute atomic E-state index is 0.107. The van der Waals surface area contributed by atoms with Crippen molar-refractivity contribution in [2.24, 2.45) is 0 Å². The predicted molar refractivity (Wildman–Crippen MR) is 92.4 cm³/mol. The fraction of sp³-hybridized carbons (Fsp3) is 0.588. The van der Waals surface area contributed by atoms with Crippen molar-refractivity contribution in [1.82, 2.24) is 15.2 Å². The van der Waals surface area contributed by atoms with Gasteiger partial charge in [-0.3, -0.25) is 4.79 Å².